The van der Waals surface area contributed by atoms with Crippen LogP contribution in [0.2, 0.25) is 0 Å². The van der Waals surface area contributed by atoms with Gasteiger partial charge in [-0.25, -0.2) is 0 Å². The summed E-state index contributed by atoms with van der Waals surface area (Å²) < 4.78 is 0. The molecule has 2 bridgehead atoms. The van der Waals surface area contributed by atoms with Crippen molar-refractivity contribution in [1.29, 1.82) is 0 Å². The zero-order chi connectivity index (χ0) is 19.5. The van der Waals surface area contributed by atoms with Crippen molar-refractivity contribution < 1.29 is 39.2 Å². The maximum absolute atomic E-state index is 12.1. The van der Waals surface area contributed by atoms with Crippen LogP contribution in [0.15, 0.2) is 0 Å². The van der Waals surface area contributed by atoms with E-state index in [1.165, 1.54) is 9.80 Å². The molecule has 0 aromatic rings. The van der Waals surface area contributed by atoms with Gasteiger partial charge in [0.25, 0.3) is 0 Å². The number of carboxylic acid groups (broad SMARTS) is 2. The molecule has 144 valence electrons. The number of quaternary nitrogens is 1. The minimum atomic E-state index is -1.57. The number of nitrogens with zero attached hydrogens (tertiary/aromatic N) is 3. The van der Waals surface area contributed by atoms with Gasteiger partial charge in [0.15, 0.2) is 19.9 Å². The minimum Gasteiger partial charge on any atom is -0.550 e. The molecule has 2 aliphatic rings. The van der Waals surface area contributed by atoms with Gasteiger partial charge in [-0.2, -0.15) is 0 Å². The molecule has 0 aliphatic carbocycles. The van der Waals surface area contributed by atoms with E-state index in [1.54, 1.807) is 0 Å². The monoisotopic (exact) mass is 371 g/mol. The van der Waals surface area contributed by atoms with Gasteiger partial charge in [-0.15, -0.1) is 0 Å². The maximum Gasteiger partial charge on any atom is 0.304 e. The van der Waals surface area contributed by atoms with E-state index >= 15 is 0 Å². The van der Waals surface area contributed by atoms with Gasteiger partial charge in [0, 0.05) is 29.7 Å². The SMILES string of the molecule is O=C([O-])CCC(=O)N1C[NH+]2CN(C(=O)CCC(=O)[O-])CC([N+](=O)[O-])(C1)C2. The van der Waals surface area contributed by atoms with Crippen molar-refractivity contribution in [2.75, 3.05) is 33.0 Å². The van der Waals surface area contributed by atoms with Crippen LogP contribution in [0.5, 0.6) is 0 Å². The van der Waals surface area contributed by atoms with Gasteiger partial charge in [0.05, 0.1) is 0 Å². The summed E-state index contributed by atoms with van der Waals surface area (Å²) in [6.07, 6.45) is -1.55. The zero-order valence-corrected chi connectivity index (χ0v) is 14.0. The molecule has 12 nitrogen and oxygen atoms in total. The van der Waals surface area contributed by atoms with Crippen molar-refractivity contribution in [2.24, 2.45) is 0 Å². The predicted octanol–water partition coefficient (Wildman–Crippen LogP) is -5.45. The van der Waals surface area contributed by atoms with Crippen LogP contribution >= 0.6 is 0 Å². The van der Waals surface area contributed by atoms with E-state index in [1.807, 2.05) is 0 Å². The standard InChI is InChI=1S/C14H20N4O8/c19-10(1-3-12(21)22)16-6-14(18(25)26)5-15(8-16)9-17(7-14)11(20)2-4-13(23)24/h1-9H2,(H,21,22)(H,23,24)/p-1. The maximum atomic E-state index is 12.1. The van der Waals surface area contributed by atoms with Crippen molar-refractivity contribution in [2.45, 2.75) is 31.2 Å². The number of rotatable bonds is 7. The second kappa shape index (κ2) is 7.64. The van der Waals surface area contributed by atoms with Crippen molar-refractivity contribution in [1.82, 2.24) is 9.80 Å². The van der Waals surface area contributed by atoms with Crippen molar-refractivity contribution >= 4 is 23.8 Å². The molecule has 0 unspecified atom stereocenters. The molecule has 26 heavy (non-hydrogen) atoms. The molecular weight excluding hydrogens is 352 g/mol. The number of hydrogen-bond donors (Lipinski definition) is 1. The van der Waals surface area contributed by atoms with Gasteiger partial charge >= 0.3 is 5.54 Å². The molecule has 2 saturated heterocycles. The predicted molar refractivity (Wildman–Crippen MR) is 77.2 cm³/mol. The van der Waals surface area contributed by atoms with Crippen LogP contribution < -0.4 is 15.1 Å². The van der Waals surface area contributed by atoms with Crippen LogP contribution in [-0.4, -0.2) is 77.0 Å². The van der Waals surface area contributed by atoms with Gasteiger partial charge < -0.3 is 19.8 Å². The summed E-state index contributed by atoms with van der Waals surface area (Å²) in [6, 6.07) is 0. The molecule has 0 radical (unpaired) electrons. The fraction of sp³-hybridized carbons (Fsp3) is 0.714. The van der Waals surface area contributed by atoms with Crippen molar-refractivity contribution in [3.8, 4) is 0 Å². The van der Waals surface area contributed by atoms with Crippen molar-refractivity contribution in [3.63, 3.8) is 0 Å². The van der Waals surface area contributed by atoms with E-state index in [2.05, 4.69) is 0 Å². The highest BCUT2D eigenvalue weighted by Crippen LogP contribution is 2.20. The molecule has 2 rings (SSSR count). The second-order valence-electron chi connectivity index (χ2n) is 6.65. The Balaban J connectivity index is 2.10. The highest BCUT2D eigenvalue weighted by Gasteiger charge is 2.58. The average molecular weight is 371 g/mol. The fourth-order valence-corrected chi connectivity index (χ4v) is 3.42. The summed E-state index contributed by atoms with van der Waals surface area (Å²) in [6.45, 7) is -0.148. The van der Waals surface area contributed by atoms with Crippen LogP contribution in [0.25, 0.3) is 0 Å². The summed E-state index contributed by atoms with van der Waals surface area (Å²) in [7, 11) is 0. The number of amides is 2. The van der Waals surface area contributed by atoms with Crippen LogP contribution in [0.4, 0.5) is 0 Å². The topological polar surface area (TPSA) is 168 Å². The fourth-order valence-electron chi connectivity index (χ4n) is 3.42. The lowest BCUT2D eigenvalue weighted by Gasteiger charge is -2.46. The van der Waals surface area contributed by atoms with E-state index in [4.69, 9.17) is 0 Å². The van der Waals surface area contributed by atoms with Gasteiger partial charge in [0.2, 0.25) is 11.8 Å². The minimum absolute atomic E-state index is 0.103. The molecule has 2 amide bonds. The first kappa shape index (κ1) is 19.6. The van der Waals surface area contributed by atoms with Crippen LogP contribution in [0.3, 0.4) is 0 Å². The molecule has 1 N–H and O–H groups in total. The number of hydrogen-bond acceptors (Lipinski definition) is 8. The normalized spacial score (nSPS) is 24.8. The number of fused-ring (bicyclic) bond motifs is 2. The van der Waals surface area contributed by atoms with E-state index < -0.39 is 47.1 Å². The largest absolute Gasteiger partial charge is 0.550 e. The molecule has 0 aromatic carbocycles. The Hall–Kier alpha value is -2.76. The van der Waals surface area contributed by atoms with Crippen molar-refractivity contribution in [3.05, 3.63) is 10.1 Å². The number of nitrogens with one attached hydrogen (secondary N) is 1. The second-order valence-corrected chi connectivity index (χ2v) is 6.65. The first-order chi connectivity index (χ1) is 12.1. The molecule has 0 saturated carbocycles. The Morgan fingerprint density at radius 1 is 0.885 bits per heavy atom. The summed E-state index contributed by atoms with van der Waals surface area (Å²) in [5.41, 5.74) is -1.57. The lowest BCUT2D eigenvalue weighted by Crippen LogP contribution is -3.21. The van der Waals surface area contributed by atoms with Gasteiger partial charge in [0.1, 0.15) is 13.1 Å². The lowest BCUT2D eigenvalue weighted by atomic mass is 9.93. The molecule has 0 atom stereocenters. The van der Waals surface area contributed by atoms with Gasteiger partial charge in [-0.05, 0) is 12.8 Å². The molecule has 0 spiro atoms. The summed E-state index contributed by atoms with van der Waals surface area (Å²) in [4.78, 5) is 59.5. The Bertz CT molecular complexity index is 594. The van der Waals surface area contributed by atoms with E-state index in [-0.39, 0.29) is 45.8 Å². The molecule has 12 heteroatoms. The number of aliphatic carboxylic acids is 2. The number of nitro groups is 1. The van der Waals surface area contributed by atoms with E-state index in [0.717, 1.165) is 0 Å². The third kappa shape index (κ3) is 4.45. The molecule has 2 heterocycles. The lowest BCUT2D eigenvalue weighted by molar-refractivity contribution is -0.951. The van der Waals surface area contributed by atoms with Crippen LogP contribution in [-0.2, 0) is 19.2 Å². The van der Waals surface area contributed by atoms with Crippen LogP contribution in [0, 0.1) is 10.1 Å². The first-order valence-corrected chi connectivity index (χ1v) is 8.06. The van der Waals surface area contributed by atoms with Gasteiger partial charge in [-0.1, -0.05) is 0 Å². The molecule has 0 aromatic heterocycles. The Kier molecular flexibility index (Phi) is 5.75. The zero-order valence-electron chi connectivity index (χ0n) is 14.0. The smallest absolute Gasteiger partial charge is 0.304 e. The quantitative estimate of drug-likeness (QED) is 0.341. The summed E-state index contributed by atoms with van der Waals surface area (Å²) >= 11 is 0. The highest BCUT2D eigenvalue weighted by atomic mass is 16.6. The highest BCUT2D eigenvalue weighted by molar-refractivity contribution is 5.81. The third-order valence-corrected chi connectivity index (χ3v) is 4.56. The van der Waals surface area contributed by atoms with Crippen LogP contribution in [0.1, 0.15) is 25.7 Å². The first-order valence-electron chi connectivity index (χ1n) is 8.06. The van der Waals surface area contributed by atoms with E-state index in [9.17, 15) is 39.5 Å². The number of carboxylic acids is 2. The molecule has 2 aliphatic heterocycles. The number of carbonyl (C=O) groups is 4. The Labute approximate surface area is 148 Å². The molecule has 2 fully saturated rings. The summed E-state index contributed by atoms with van der Waals surface area (Å²) in [5, 5.41) is 32.7. The molecular formula is C14H19N4O8-. The Morgan fingerprint density at radius 2 is 1.31 bits per heavy atom. The van der Waals surface area contributed by atoms with E-state index in [0.29, 0.717) is 4.90 Å². The Morgan fingerprint density at radius 3 is 1.65 bits per heavy atom. The average Bonchev–Trinajstić information content (AvgIpc) is 2.56. The third-order valence-electron chi connectivity index (χ3n) is 4.56. The van der Waals surface area contributed by atoms with Gasteiger partial charge in [-0.3, -0.25) is 34.4 Å². The summed E-state index contributed by atoms with van der Waals surface area (Å²) in [5.74, 6) is -3.79. The number of carbonyl (C=O) groups excluding carboxylic acids is 4.